The van der Waals surface area contributed by atoms with E-state index in [1.807, 2.05) is 0 Å². The Labute approximate surface area is 124 Å². The Kier molecular flexibility index (Phi) is 6.04. The van der Waals surface area contributed by atoms with Crippen LogP contribution in [0.2, 0.25) is 0 Å². The number of nitrogens with one attached hydrogen (secondary N) is 1. The first kappa shape index (κ1) is 18.2. The molecule has 0 saturated heterocycles. The number of hydrogen-bond donors (Lipinski definition) is 1. The number of esters is 1. The van der Waals surface area contributed by atoms with Crippen molar-refractivity contribution >= 4 is 5.97 Å². The molecule has 0 aromatic heterocycles. The summed E-state index contributed by atoms with van der Waals surface area (Å²) in [4.78, 5) is 13.4. The van der Waals surface area contributed by atoms with E-state index in [2.05, 4.69) is 5.32 Å². The van der Waals surface area contributed by atoms with Gasteiger partial charge in [-0.15, -0.1) is 0 Å². The van der Waals surface area contributed by atoms with Gasteiger partial charge in [-0.3, -0.25) is 15.0 Å². The molecule has 7 heteroatoms. The summed E-state index contributed by atoms with van der Waals surface area (Å²) in [5.74, 6) is -0.399. The van der Waals surface area contributed by atoms with Crippen molar-refractivity contribution in [2.75, 3.05) is 20.2 Å². The Hall–Kier alpha value is -0.820. The van der Waals surface area contributed by atoms with E-state index in [9.17, 15) is 18.0 Å². The highest BCUT2D eigenvalue weighted by atomic mass is 19.4. The summed E-state index contributed by atoms with van der Waals surface area (Å²) in [6, 6.07) is -0.133. The molecule has 0 aromatic rings. The van der Waals surface area contributed by atoms with E-state index in [1.54, 1.807) is 20.8 Å². The van der Waals surface area contributed by atoms with Gasteiger partial charge in [0.05, 0.1) is 13.2 Å². The maximum atomic E-state index is 12.4. The lowest BCUT2D eigenvalue weighted by atomic mass is 9.92. The third-order valence-electron chi connectivity index (χ3n) is 3.71. The Balaban J connectivity index is 2.68. The molecule has 0 amide bonds. The lowest BCUT2D eigenvalue weighted by Gasteiger charge is -2.35. The summed E-state index contributed by atoms with van der Waals surface area (Å²) in [5, 5.41) is 3.22. The van der Waals surface area contributed by atoms with Gasteiger partial charge in [0.2, 0.25) is 0 Å². The zero-order valence-electron chi connectivity index (χ0n) is 13.1. The van der Waals surface area contributed by atoms with Crippen LogP contribution in [0.5, 0.6) is 0 Å². The predicted octanol–water partition coefficient (Wildman–Crippen LogP) is 2.33. The second-order valence-electron chi connectivity index (χ2n) is 6.05. The molecule has 1 rings (SSSR count). The van der Waals surface area contributed by atoms with Gasteiger partial charge in [-0.1, -0.05) is 0 Å². The normalized spacial score (nSPS) is 20.2. The van der Waals surface area contributed by atoms with Crippen molar-refractivity contribution in [2.24, 2.45) is 0 Å². The summed E-state index contributed by atoms with van der Waals surface area (Å²) in [7, 11) is 1.42. The number of carbonyl (C=O) groups excluding carboxylic acids is 1. The van der Waals surface area contributed by atoms with Crippen LogP contribution < -0.4 is 5.32 Å². The first-order chi connectivity index (χ1) is 9.57. The molecule has 124 valence electrons. The molecule has 4 nitrogen and oxygen atoms in total. The first-order valence-corrected chi connectivity index (χ1v) is 7.29. The zero-order valence-corrected chi connectivity index (χ0v) is 13.1. The fourth-order valence-corrected chi connectivity index (χ4v) is 2.36. The molecule has 0 spiro atoms. The van der Waals surface area contributed by atoms with Gasteiger partial charge in [0, 0.05) is 12.1 Å². The maximum absolute atomic E-state index is 12.4. The van der Waals surface area contributed by atoms with Crippen LogP contribution in [0, 0.1) is 0 Å². The van der Waals surface area contributed by atoms with E-state index in [1.165, 1.54) is 11.9 Å². The lowest BCUT2D eigenvalue weighted by Crippen LogP contribution is -2.55. The minimum Gasteiger partial charge on any atom is -0.465 e. The summed E-state index contributed by atoms with van der Waals surface area (Å²) >= 11 is 0. The van der Waals surface area contributed by atoms with Gasteiger partial charge in [0.25, 0.3) is 0 Å². The summed E-state index contributed by atoms with van der Waals surface area (Å²) in [6.07, 6.45) is -1.99. The molecule has 0 bridgehead atoms. The fraction of sp³-hybridized carbons (Fsp3) is 0.929. The molecule has 2 unspecified atom stereocenters. The van der Waals surface area contributed by atoms with E-state index < -0.39 is 30.3 Å². The lowest BCUT2D eigenvalue weighted by molar-refractivity contribution is -0.154. The van der Waals surface area contributed by atoms with E-state index in [4.69, 9.17) is 4.74 Å². The van der Waals surface area contributed by atoms with Crippen LogP contribution in [0.4, 0.5) is 13.2 Å². The number of alkyl halides is 3. The molecule has 0 radical (unpaired) electrons. The maximum Gasteiger partial charge on any atom is 0.401 e. The third kappa shape index (κ3) is 6.22. The topological polar surface area (TPSA) is 41.6 Å². The number of hydrogen-bond acceptors (Lipinski definition) is 4. The van der Waals surface area contributed by atoms with Gasteiger partial charge >= 0.3 is 12.1 Å². The van der Waals surface area contributed by atoms with Gasteiger partial charge < -0.3 is 4.74 Å². The van der Waals surface area contributed by atoms with Crippen molar-refractivity contribution in [2.45, 2.75) is 63.8 Å². The Morgan fingerprint density at radius 3 is 2.43 bits per heavy atom. The van der Waals surface area contributed by atoms with Gasteiger partial charge in [0.15, 0.2) is 0 Å². The molecule has 0 aliphatic heterocycles. The van der Waals surface area contributed by atoms with E-state index in [0.717, 1.165) is 12.8 Å². The van der Waals surface area contributed by atoms with E-state index in [0.29, 0.717) is 0 Å². The summed E-state index contributed by atoms with van der Waals surface area (Å²) < 4.78 is 42.4. The minimum atomic E-state index is -4.24. The molecule has 21 heavy (non-hydrogen) atoms. The zero-order chi connectivity index (χ0) is 16.3. The quantitative estimate of drug-likeness (QED) is 0.699. The van der Waals surface area contributed by atoms with Crippen LogP contribution in [0.25, 0.3) is 0 Å². The molecule has 0 heterocycles. The van der Waals surface area contributed by atoms with E-state index >= 15 is 0 Å². The third-order valence-corrected chi connectivity index (χ3v) is 3.71. The average molecular weight is 310 g/mol. The summed E-state index contributed by atoms with van der Waals surface area (Å²) in [6.45, 7) is 4.39. The van der Waals surface area contributed by atoms with Gasteiger partial charge in [-0.25, -0.2) is 0 Å². The van der Waals surface area contributed by atoms with Crippen LogP contribution >= 0.6 is 0 Å². The fourth-order valence-electron chi connectivity index (χ4n) is 2.36. The van der Waals surface area contributed by atoms with Gasteiger partial charge in [0.1, 0.15) is 5.54 Å². The van der Waals surface area contributed by atoms with Crippen molar-refractivity contribution in [3.63, 3.8) is 0 Å². The molecule has 1 aliphatic carbocycles. The van der Waals surface area contributed by atoms with Crippen molar-refractivity contribution in [3.8, 4) is 0 Å². The Morgan fingerprint density at radius 2 is 2.00 bits per heavy atom. The Bertz CT molecular complexity index is 359. The number of rotatable bonds is 8. The van der Waals surface area contributed by atoms with E-state index in [-0.39, 0.29) is 19.1 Å². The van der Waals surface area contributed by atoms with Crippen LogP contribution in [-0.2, 0) is 9.53 Å². The monoisotopic (exact) mass is 310 g/mol. The van der Waals surface area contributed by atoms with Crippen LogP contribution in [0.3, 0.4) is 0 Å². The van der Waals surface area contributed by atoms with Crippen LogP contribution in [0.15, 0.2) is 0 Å². The highest BCUT2D eigenvalue weighted by Crippen LogP contribution is 2.27. The van der Waals surface area contributed by atoms with Crippen molar-refractivity contribution in [3.05, 3.63) is 0 Å². The number of carbonyl (C=O) groups is 1. The smallest absolute Gasteiger partial charge is 0.401 e. The van der Waals surface area contributed by atoms with Gasteiger partial charge in [-0.05, 0) is 47.1 Å². The second-order valence-corrected chi connectivity index (χ2v) is 6.05. The van der Waals surface area contributed by atoms with Crippen molar-refractivity contribution in [1.29, 1.82) is 0 Å². The minimum absolute atomic E-state index is 0.257. The highest BCUT2D eigenvalue weighted by Gasteiger charge is 2.42. The molecule has 1 N–H and O–H groups in total. The number of nitrogens with zero attached hydrogens (tertiary/aromatic N) is 1. The molecular weight excluding hydrogens is 285 g/mol. The molecule has 2 atom stereocenters. The number of halogens is 3. The molecule has 1 saturated carbocycles. The van der Waals surface area contributed by atoms with Crippen LogP contribution in [0.1, 0.15) is 40.0 Å². The molecule has 1 aliphatic rings. The van der Waals surface area contributed by atoms with Crippen LogP contribution in [-0.4, -0.2) is 54.9 Å². The SMILES string of the molecule is CCOC(=O)C(C)(CC(C)N(C)CC(F)(F)F)NC1CC1. The standard InChI is InChI=1S/C14H25F3N2O2/c1-5-21-12(20)13(3,18-11-6-7-11)8-10(2)19(4)9-14(15,16)17/h10-11,18H,5-9H2,1-4H3. The predicted molar refractivity (Wildman–Crippen MR) is 74.0 cm³/mol. The number of ether oxygens (including phenoxy) is 1. The first-order valence-electron chi connectivity index (χ1n) is 7.29. The van der Waals surface area contributed by atoms with Crippen molar-refractivity contribution < 1.29 is 22.7 Å². The summed E-state index contributed by atoms with van der Waals surface area (Å²) in [5.41, 5.74) is -0.948. The largest absolute Gasteiger partial charge is 0.465 e. The average Bonchev–Trinajstić information content (AvgIpc) is 3.10. The van der Waals surface area contributed by atoms with Crippen molar-refractivity contribution in [1.82, 2.24) is 10.2 Å². The molecule has 1 fully saturated rings. The molecule has 0 aromatic carbocycles. The Morgan fingerprint density at radius 1 is 1.43 bits per heavy atom. The second kappa shape index (κ2) is 6.96. The highest BCUT2D eigenvalue weighted by molar-refractivity contribution is 5.80. The van der Waals surface area contributed by atoms with Gasteiger partial charge in [-0.2, -0.15) is 13.2 Å². The molecular formula is C14H25F3N2O2.